The van der Waals surface area contributed by atoms with Crippen molar-refractivity contribution in [2.24, 2.45) is 0 Å². The smallest absolute Gasteiger partial charge is 0.337 e. The lowest BCUT2D eigenvalue weighted by atomic mass is 9.95. The van der Waals surface area contributed by atoms with Gasteiger partial charge in [-0.15, -0.1) is 0 Å². The van der Waals surface area contributed by atoms with Crippen LogP contribution in [0.3, 0.4) is 0 Å². The Hall–Kier alpha value is -3.04. The first-order valence-corrected chi connectivity index (χ1v) is 10.3. The second-order valence-corrected chi connectivity index (χ2v) is 8.02. The van der Waals surface area contributed by atoms with Crippen LogP contribution in [-0.2, 0) is 4.79 Å². The molecule has 1 fully saturated rings. The molecular formula is C23H24ClN3O3. The van der Waals surface area contributed by atoms with Crippen molar-refractivity contribution in [1.29, 1.82) is 5.26 Å². The summed E-state index contributed by atoms with van der Waals surface area (Å²) in [6, 6.07) is 8.81. The first-order valence-electron chi connectivity index (χ1n) is 9.96. The van der Waals surface area contributed by atoms with Crippen molar-refractivity contribution in [1.82, 2.24) is 9.88 Å². The zero-order chi connectivity index (χ0) is 21.8. The van der Waals surface area contributed by atoms with Gasteiger partial charge in [0.15, 0.2) is 0 Å². The number of halogens is 1. The fourth-order valence-corrected chi connectivity index (χ4v) is 4.16. The Morgan fingerprint density at radius 3 is 2.57 bits per heavy atom. The van der Waals surface area contributed by atoms with E-state index in [1.54, 1.807) is 18.2 Å². The van der Waals surface area contributed by atoms with E-state index in [4.69, 9.17) is 11.6 Å². The lowest BCUT2D eigenvalue weighted by molar-refractivity contribution is -0.117. The number of carbonyl (C=O) groups is 2. The van der Waals surface area contributed by atoms with Crippen molar-refractivity contribution >= 4 is 29.6 Å². The number of hydrogen-bond acceptors (Lipinski definition) is 3. The average molecular weight is 426 g/mol. The summed E-state index contributed by atoms with van der Waals surface area (Å²) in [4.78, 5) is 24.0. The normalized spacial score (nSPS) is 14.9. The van der Waals surface area contributed by atoms with E-state index in [9.17, 15) is 20.0 Å². The maximum atomic E-state index is 12.6. The molecule has 1 heterocycles. The van der Waals surface area contributed by atoms with E-state index in [2.05, 4.69) is 5.32 Å². The van der Waals surface area contributed by atoms with Crippen LogP contribution in [0.2, 0.25) is 5.02 Å². The lowest BCUT2D eigenvalue weighted by Gasteiger charge is -2.22. The van der Waals surface area contributed by atoms with Gasteiger partial charge in [-0.25, -0.2) is 4.79 Å². The Kier molecular flexibility index (Phi) is 6.63. The molecule has 156 valence electrons. The Morgan fingerprint density at radius 2 is 1.93 bits per heavy atom. The fourth-order valence-electron chi connectivity index (χ4n) is 3.96. The van der Waals surface area contributed by atoms with E-state index in [1.165, 1.54) is 12.5 Å². The molecule has 1 aliphatic rings. The van der Waals surface area contributed by atoms with Crippen LogP contribution in [-0.4, -0.2) is 27.6 Å². The topological polar surface area (TPSA) is 95.1 Å². The number of benzene rings is 1. The zero-order valence-corrected chi connectivity index (χ0v) is 17.8. The van der Waals surface area contributed by atoms with Crippen LogP contribution >= 0.6 is 11.6 Å². The summed E-state index contributed by atoms with van der Waals surface area (Å²) in [7, 11) is 0. The van der Waals surface area contributed by atoms with Crippen LogP contribution in [0.4, 0.5) is 0 Å². The van der Waals surface area contributed by atoms with Crippen LogP contribution in [0.25, 0.3) is 11.8 Å². The van der Waals surface area contributed by atoms with Crippen molar-refractivity contribution in [3.05, 3.63) is 57.4 Å². The SMILES string of the molecule is Cc1cc(/C=C(/C#N)C(=O)NC2CCCCC2)c(C)n1-c1ccc(Cl)c(C(=O)O)c1. The predicted octanol–water partition coefficient (Wildman–Crippen LogP) is 4.80. The highest BCUT2D eigenvalue weighted by Crippen LogP contribution is 2.26. The summed E-state index contributed by atoms with van der Waals surface area (Å²) in [6.45, 7) is 3.75. The zero-order valence-electron chi connectivity index (χ0n) is 17.0. The standard InChI is InChI=1S/C23H24ClN3O3/c1-14-10-16(11-17(13-25)22(28)26-18-6-4-3-5-7-18)15(2)27(14)19-8-9-21(24)20(12-19)23(29)30/h8-12,18H,3-7H2,1-2H3,(H,26,28)(H,29,30)/b17-11-. The van der Waals surface area contributed by atoms with Gasteiger partial charge < -0.3 is 15.0 Å². The quantitative estimate of drug-likeness (QED) is 0.531. The fraction of sp³-hybridized carbons (Fsp3) is 0.348. The molecule has 6 nitrogen and oxygen atoms in total. The molecule has 0 radical (unpaired) electrons. The van der Waals surface area contributed by atoms with Crippen LogP contribution < -0.4 is 5.32 Å². The number of aromatic nitrogens is 1. The molecular weight excluding hydrogens is 402 g/mol. The molecule has 1 amide bonds. The van der Waals surface area contributed by atoms with E-state index >= 15 is 0 Å². The van der Waals surface area contributed by atoms with Crippen LogP contribution in [0, 0.1) is 25.2 Å². The molecule has 2 N–H and O–H groups in total. The first kappa shape index (κ1) is 21.7. The van der Waals surface area contributed by atoms with Gasteiger partial charge in [-0.3, -0.25) is 4.79 Å². The number of carbonyl (C=O) groups excluding carboxylic acids is 1. The predicted molar refractivity (Wildman–Crippen MR) is 116 cm³/mol. The van der Waals surface area contributed by atoms with Gasteiger partial charge in [0.05, 0.1) is 10.6 Å². The lowest BCUT2D eigenvalue weighted by Crippen LogP contribution is -2.36. The van der Waals surface area contributed by atoms with E-state index in [0.29, 0.717) is 5.69 Å². The van der Waals surface area contributed by atoms with E-state index < -0.39 is 5.97 Å². The van der Waals surface area contributed by atoms with Gasteiger partial charge in [-0.2, -0.15) is 5.26 Å². The Balaban J connectivity index is 1.92. The molecule has 1 saturated carbocycles. The average Bonchev–Trinajstić information content (AvgIpc) is 3.00. The number of aryl methyl sites for hydroxylation is 1. The molecule has 0 unspecified atom stereocenters. The number of rotatable bonds is 5. The third kappa shape index (κ3) is 4.58. The van der Waals surface area contributed by atoms with Gasteiger partial charge in [0.2, 0.25) is 0 Å². The molecule has 0 bridgehead atoms. The summed E-state index contributed by atoms with van der Waals surface area (Å²) in [5.41, 5.74) is 3.10. The number of nitrogens with zero attached hydrogens (tertiary/aromatic N) is 2. The number of hydrogen-bond donors (Lipinski definition) is 2. The highest BCUT2D eigenvalue weighted by Gasteiger charge is 2.19. The third-order valence-corrected chi connectivity index (χ3v) is 5.84. The van der Waals surface area contributed by atoms with Gasteiger partial charge in [0.25, 0.3) is 5.91 Å². The number of amides is 1. The van der Waals surface area contributed by atoms with Crippen molar-refractivity contribution < 1.29 is 14.7 Å². The summed E-state index contributed by atoms with van der Waals surface area (Å²) < 4.78 is 1.88. The number of aromatic carboxylic acids is 1. The maximum Gasteiger partial charge on any atom is 0.337 e. The van der Waals surface area contributed by atoms with Crippen LogP contribution in [0.1, 0.15) is 59.4 Å². The first-order chi connectivity index (χ1) is 14.3. The molecule has 3 rings (SSSR count). The molecule has 30 heavy (non-hydrogen) atoms. The molecule has 1 aliphatic carbocycles. The van der Waals surface area contributed by atoms with Crippen molar-refractivity contribution in [2.45, 2.75) is 52.0 Å². The Morgan fingerprint density at radius 1 is 1.23 bits per heavy atom. The minimum Gasteiger partial charge on any atom is -0.478 e. The molecule has 1 aromatic carbocycles. The Labute approximate surface area is 180 Å². The summed E-state index contributed by atoms with van der Waals surface area (Å²) >= 11 is 5.99. The van der Waals surface area contributed by atoms with Gasteiger partial charge in [0, 0.05) is 23.1 Å². The highest BCUT2D eigenvalue weighted by atomic mass is 35.5. The largest absolute Gasteiger partial charge is 0.478 e. The molecule has 0 spiro atoms. The third-order valence-electron chi connectivity index (χ3n) is 5.51. The van der Waals surface area contributed by atoms with Gasteiger partial charge in [0.1, 0.15) is 11.6 Å². The van der Waals surface area contributed by atoms with Crippen molar-refractivity contribution in [3.63, 3.8) is 0 Å². The van der Waals surface area contributed by atoms with Crippen LogP contribution in [0.15, 0.2) is 29.8 Å². The second-order valence-electron chi connectivity index (χ2n) is 7.61. The number of carboxylic acids is 1. The molecule has 2 aromatic rings. The molecule has 0 saturated heterocycles. The summed E-state index contributed by atoms with van der Waals surface area (Å²) in [6.07, 6.45) is 6.86. The monoisotopic (exact) mass is 425 g/mol. The maximum absolute atomic E-state index is 12.6. The van der Waals surface area contributed by atoms with Gasteiger partial charge >= 0.3 is 5.97 Å². The minimum absolute atomic E-state index is 0.0170. The number of nitrogens with one attached hydrogen (secondary N) is 1. The van der Waals surface area contributed by atoms with Crippen molar-refractivity contribution in [2.75, 3.05) is 0 Å². The highest BCUT2D eigenvalue weighted by molar-refractivity contribution is 6.33. The molecule has 0 atom stereocenters. The van der Waals surface area contributed by atoms with Crippen molar-refractivity contribution in [3.8, 4) is 11.8 Å². The van der Waals surface area contributed by atoms with Crippen LogP contribution in [0.5, 0.6) is 0 Å². The molecule has 0 aliphatic heterocycles. The number of nitriles is 1. The van der Waals surface area contributed by atoms with E-state index in [0.717, 1.165) is 42.6 Å². The summed E-state index contributed by atoms with van der Waals surface area (Å²) in [5, 5.41) is 22.0. The van der Waals surface area contributed by atoms with E-state index in [1.807, 2.05) is 30.6 Å². The minimum atomic E-state index is -1.10. The van der Waals surface area contributed by atoms with Gasteiger partial charge in [-0.1, -0.05) is 30.9 Å². The van der Waals surface area contributed by atoms with E-state index in [-0.39, 0.29) is 28.1 Å². The van der Waals surface area contributed by atoms with Gasteiger partial charge in [-0.05, 0) is 62.6 Å². The Bertz CT molecular complexity index is 1060. The number of carboxylic acid groups (broad SMARTS) is 1. The molecule has 1 aromatic heterocycles. The second kappa shape index (κ2) is 9.19. The molecule has 7 heteroatoms. The summed E-state index contributed by atoms with van der Waals surface area (Å²) in [5.74, 6) is -1.45.